The van der Waals surface area contributed by atoms with Crippen LogP contribution in [0.4, 0.5) is 0 Å². The van der Waals surface area contributed by atoms with Crippen molar-refractivity contribution in [3.63, 3.8) is 0 Å². The van der Waals surface area contributed by atoms with Crippen LogP contribution >= 0.6 is 0 Å². The summed E-state index contributed by atoms with van der Waals surface area (Å²) in [6, 6.07) is 0.106. The van der Waals surface area contributed by atoms with Gasteiger partial charge in [0, 0.05) is 12.1 Å². The van der Waals surface area contributed by atoms with Crippen LogP contribution in [0.25, 0.3) is 0 Å². The molecule has 1 heterocycles. The van der Waals surface area contributed by atoms with Gasteiger partial charge in [-0.15, -0.1) is 0 Å². The monoisotopic (exact) mass is 336 g/mol. The van der Waals surface area contributed by atoms with Gasteiger partial charge in [-0.2, -0.15) is 0 Å². The van der Waals surface area contributed by atoms with E-state index in [9.17, 15) is 14.7 Å². The van der Waals surface area contributed by atoms with Gasteiger partial charge in [0.05, 0.1) is 6.54 Å². The zero-order valence-corrected chi connectivity index (χ0v) is 14.7. The van der Waals surface area contributed by atoms with Gasteiger partial charge in [0.25, 0.3) is 0 Å². The van der Waals surface area contributed by atoms with Crippen molar-refractivity contribution in [2.24, 2.45) is 5.92 Å². The van der Waals surface area contributed by atoms with E-state index in [2.05, 4.69) is 5.32 Å². The van der Waals surface area contributed by atoms with Crippen LogP contribution in [0.3, 0.4) is 0 Å². The first kappa shape index (κ1) is 17.7. The van der Waals surface area contributed by atoms with E-state index in [0.29, 0.717) is 12.0 Å². The largest absolute Gasteiger partial charge is 0.480 e. The van der Waals surface area contributed by atoms with Crippen LogP contribution in [0.5, 0.6) is 0 Å². The number of nitrogens with zero attached hydrogens (tertiary/aromatic N) is 1. The summed E-state index contributed by atoms with van der Waals surface area (Å²) in [5.74, 6) is -0.268. The maximum Gasteiger partial charge on any atom is 0.320 e. The second-order valence-electron chi connectivity index (χ2n) is 7.98. The van der Waals surface area contributed by atoms with Gasteiger partial charge in [-0.1, -0.05) is 44.9 Å². The molecule has 5 nitrogen and oxygen atoms in total. The summed E-state index contributed by atoms with van der Waals surface area (Å²) in [4.78, 5) is 26.2. The van der Waals surface area contributed by atoms with E-state index < -0.39 is 12.0 Å². The Hall–Kier alpha value is -1.10. The van der Waals surface area contributed by atoms with Gasteiger partial charge in [-0.3, -0.25) is 14.5 Å². The summed E-state index contributed by atoms with van der Waals surface area (Å²) in [5.41, 5.74) is 0. The van der Waals surface area contributed by atoms with E-state index in [0.717, 1.165) is 38.5 Å². The van der Waals surface area contributed by atoms with Crippen molar-refractivity contribution in [2.75, 3.05) is 6.54 Å². The Morgan fingerprint density at radius 1 is 0.917 bits per heavy atom. The number of rotatable bonds is 4. The minimum absolute atomic E-state index is 0.0260. The smallest absolute Gasteiger partial charge is 0.320 e. The summed E-state index contributed by atoms with van der Waals surface area (Å²) in [5, 5.41) is 12.8. The predicted octanol–water partition coefficient (Wildman–Crippen LogP) is 2.93. The number of carbonyl (C=O) groups excluding carboxylic acids is 1. The molecule has 1 aliphatic heterocycles. The molecule has 3 fully saturated rings. The van der Waals surface area contributed by atoms with E-state index in [4.69, 9.17) is 0 Å². The van der Waals surface area contributed by atoms with Crippen molar-refractivity contribution < 1.29 is 14.7 Å². The molecule has 1 saturated heterocycles. The van der Waals surface area contributed by atoms with E-state index in [-0.39, 0.29) is 18.5 Å². The van der Waals surface area contributed by atoms with Gasteiger partial charge < -0.3 is 10.4 Å². The Morgan fingerprint density at radius 3 is 2.25 bits per heavy atom. The van der Waals surface area contributed by atoms with Gasteiger partial charge in [-0.25, -0.2) is 0 Å². The number of amides is 1. The van der Waals surface area contributed by atoms with Crippen molar-refractivity contribution in [1.82, 2.24) is 10.2 Å². The number of hydrogen-bond acceptors (Lipinski definition) is 3. The molecular weight excluding hydrogens is 304 g/mol. The van der Waals surface area contributed by atoms with Crippen LogP contribution in [0.15, 0.2) is 0 Å². The fourth-order valence-corrected chi connectivity index (χ4v) is 5.06. The molecule has 0 spiro atoms. The first-order valence-electron chi connectivity index (χ1n) is 9.93. The SMILES string of the molecule is O=C(CN1C(C(=O)O)CC2CCCCC21)NC1CCCCCCC1. The minimum atomic E-state index is -0.761. The second-order valence-corrected chi connectivity index (χ2v) is 7.98. The molecule has 3 aliphatic rings. The summed E-state index contributed by atoms with van der Waals surface area (Å²) in [7, 11) is 0. The van der Waals surface area contributed by atoms with Crippen molar-refractivity contribution in [1.29, 1.82) is 0 Å². The molecule has 0 aromatic rings. The van der Waals surface area contributed by atoms with Crippen molar-refractivity contribution in [3.8, 4) is 0 Å². The van der Waals surface area contributed by atoms with Crippen LogP contribution < -0.4 is 5.32 Å². The summed E-state index contributed by atoms with van der Waals surface area (Å²) in [6.45, 7) is 0.259. The van der Waals surface area contributed by atoms with Crippen LogP contribution in [-0.4, -0.2) is 46.6 Å². The van der Waals surface area contributed by atoms with E-state index >= 15 is 0 Å². The van der Waals surface area contributed by atoms with Gasteiger partial charge >= 0.3 is 5.97 Å². The van der Waals surface area contributed by atoms with E-state index in [1.165, 1.54) is 38.5 Å². The van der Waals surface area contributed by atoms with Crippen LogP contribution in [0.1, 0.15) is 77.0 Å². The number of fused-ring (bicyclic) bond motifs is 1. The molecule has 2 aliphatic carbocycles. The number of hydrogen-bond donors (Lipinski definition) is 2. The Bertz CT molecular complexity index is 446. The molecule has 0 radical (unpaired) electrons. The normalized spacial score (nSPS) is 32.6. The summed E-state index contributed by atoms with van der Waals surface area (Å²) in [6.07, 6.45) is 13.6. The third-order valence-electron chi connectivity index (χ3n) is 6.30. The fourth-order valence-electron chi connectivity index (χ4n) is 5.06. The maximum atomic E-state index is 12.6. The number of carbonyl (C=O) groups is 2. The highest BCUT2D eigenvalue weighted by Gasteiger charge is 2.45. The molecule has 3 atom stereocenters. The zero-order valence-electron chi connectivity index (χ0n) is 14.7. The van der Waals surface area contributed by atoms with E-state index in [1.54, 1.807) is 0 Å². The minimum Gasteiger partial charge on any atom is -0.480 e. The molecule has 0 aromatic carbocycles. The number of aliphatic carboxylic acids is 1. The lowest BCUT2D eigenvalue weighted by Gasteiger charge is -2.33. The van der Waals surface area contributed by atoms with Crippen molar-refractivity contribution >= 4 is 11.9 Å². The molecule has 0 aromatic heterocycles. The van der Waals surface area contributed by atoms with Crippen molar-refractivity contribution in [2.45, 2.75) is 95.2 Å². The molecule has 24 heavy (non-hydrogen) atoms. The Kier molecular flexibility index (Phi) is 6.14. The third-order valence-corrected chi connectivity index (χ3v) is 6.30. The highest BCUT2D eigenvalue weighted by atomic mass is 16.4. The van der Waals surface area contributed by atoms with Gasteiger partial charge in [0.2, 0.25) is 5.91 Å². The lowest BCUT2D eigenvalue weighted by atomic mass is 9.85. The van der Waals surface area contributed by atoms with E-state index in [1.807, 2.05) is 4.90 Å². The molecule has 3 rings (SSSR count). The molecular formula is C19H32N2O3. The number of likely N-dealkylation sites (tertiary alicyclic amines) is 1. The average Bonchev–Trinajstić information content (AvgIpc) is 2.89. The molecule has 5 heteroatoms. The highest BCUT2D eigenvalue weighted by molar-refractivity contribution is 5.80. The van der Waals surface area contributed by atoms with Gasteiger partial charge in [0.1, 0.15) is 6.04 Å². The number of carboxylic acid groups (broad SMARTS) is 1. The van der Waals surface area contributed by atoms with Crippen LogP contribution in [0, 0.1) is 5.92 Å². The quantitative estimate of drug-likeness (QED) is 0.828. The molecule has 0 bridgehead atoms. The first-order valence-corrected chi connectivity index (χ1v) is 9.93. The number of nitrogens with one attached hydrogen (secondary N) is 1. The predicted molar refractivity (Wildman–Crippen MR) is 92.7 cm³/mol. The molecule has 3 unspecified atom stereocenters. The topological polar surface area (TPSA) is 69.6 Å². The van der Waals surface area contributed by atoms with Crippen molar-refractivity contribution in [3.05, 3.63) is 0 Å². The molecule has 2 N–H and O–H groups in total. The van der Waals surface area contributed by atoms with Crippen LogP contribution in [0.2, 0.25) is 0 Å². The highest BCUT2D eigenvalue weighted by Crippen LogP contribution is 2.39. The molecule has 1 amide bonds. The molecule has 2 saturated carbocycles. The van der Waals surface area contributed by atoms with Gasteiger partial charge in [-0.05, 0) is 38.0 Å². The van der Waals surface area contributed by atoms with Crippen LogP contribution in [-0.2, 0) is 9.59 Å². The first-order chi connectivity index (χ1) is 11.6. The Labute approximate surface area is 145 Å². The lowest BCUT2D eigenvalue weighted by molar-refractivity contribution is -0.143. The standard InChI is InChI=1S/C19H32N2O3/c22-18(20-15-9-4-2-1-3-5-10-15)13-21-16-11-7-6-8-14(16)12-17(21)19(23)24/h14-17H,1-13H2,(H,20,22)(H,23,24). The molecule has 136 valence electrons. The second kappa shape index (κ2) is 8.32. The Balaban J connectivity index is 1.57. The Morgan fingerprint density at radius 2 is 1.54 bits per heavy atom. The lowest BCUT2D eigenvalue weighted by Crippen LogP contribution is -2.49. The third kappa shape index (κ3) is 4.29. The summed E-state index contributed by atoms with van der Waals surface area (Å²) >= 11 is 0. The van der Waals surface area contributed by atoms with Gasteiger partial charge in [0.15, 0.2) is 0 Å². The fraction of sp³-hybridized carbons (Fsp3) is 0.895. The number of carboxylic acids is 1. The maximum absolute atomic E-state index is 12.6. The zero-order chi connectivity index (χ0) is 16.9. The summed E-state index contributed by atoms with van der Waals surface area (Å²) < 4.78 is 0. The average molecular weight is 336 g/mol.